The van der Waals surface area contributed by atoms with E-state index in [1.165, 1.54) is 0 Å². The minimum absolute atomic E-state index is 0.333. The maximum absolute atomic E-state index is 9.22. The number of rotatable bonds is 0. The Morgan fingerprint density at radius 3 is 2.25 bits per heavy atom. The molecule has 4 heteroatoms. The van der Waals surface area contributed by atoms with Gasteiger partial charge in [0.1, 0.15) is 0 Å². The monoisotopic (exact) mass is 62.0 g/mol. The van der Waals surface area contributed by atoms with Gasteiger partial charge in [-0.15, -0.1) is 0 Å². The van der Waals surface area contributed by atoms with Crippen LogP contribution in [0.2, 0.25) is 0 Å². The zero-order chi connectivity index (χ0) is 2.99. The van der Waals surface area contributed by atoms with E-state index in [9.17, 15) is 5.21 Å². The van der Waals surface area contributed by atoms with Crippen molar-refractivity contribution in [3.63, 3.8) is 0 Å². The van der Waals surface area contributed by atoms with Crippen molar-refractivity contribution < 1.29 is 10.3 Å². The molecule has 1 rings (SSSR count). The first-order chi connectivity index (χ1) is 1.89. The zero-order valence-corrected chi connectivity index (χ0v) is 1.82. The third-order valence-corrected chi connectivity index (χ3v) is 0.185. The van der Waals surface area contributed by atoms with Gasteiger partial charge in [-0.25, -0.2) is 0 Å². The van der Waals surface area contributed by atoms with Gasteiger partial charge in [0, 0.05) is 5.59 Å². The molecule has 0 spiro atoms. The molecule has 1 aliphatic rings. The first kappa shape index (κ1) is 2.10. The second-order valence-electron chi connectivity index (χ2n) is 0.492. The summed E-state index contributed by atoms with van der Waals surface area (Å²) in [6.07, 6.45) is 0. The molecule has 1 unspecified atom stereocenters. The van der Waals surface area contributed by atoms with Crippen molar-refractivity contribution in [2.75, 3.05) is 0 Å². The predicted octanol–water partition coefficient (Wildman–Crippen LogP) is -2.27. The Morgan fingerprint density at radius 2 is 2.25 bits per heavy atom. The van der Waals surface area contributed by atoms with Crippen LogP contribution in [-0.2, 0) is 4.94 Å². The van der Waals surface area contributed by atoms with Crippen LogP contribution in [0.1, 0.15) is 0 Å². The Hall–Kier alpha value is -0.160. The fourth-order valence-corrected chi connectivity index (χ4v) is 0.0208. The average molecular weight is 62.0 g/mol. The van der Waals surface area contributed by atoms with E-state index in [2.05, 4.69) is 4.94 Å². The average Bonchev–Trinajstić information content (AvgIpc) is 1.75. The van der Waals surface area contributed by atoms with Crippen molar-refractivity contribution in [3.05, 3.63) is 5.21 Å². The predicted molar refractivity (Wildman–Crippen MR) is 8.55 cm³/mol. The van der Waals surface area contributed by atoms with Crippen molar-refractivity contribution in [2.24, 2.45) is 0 Å². The Morgan fingerprint density at radius 1 is 2.00 bits per heavy atom. The molecular formula is H2N2O2. The van der Waals surface area contributed by atoms with Crippen LogP contribution < -0.4 is 10.9 Å². The molecule has 1 heterocycles. The Labute approximate surface area is 22.4 Å². The van der Waals surface area contributed by atoms with Gasteiger partial charge < -0.3 is 5.21 Å². The highest BCUT2D eigenvalue weighted by atomic mass is 17.2. The molecule has 1 saturated heterocycles. The number of quaternary nitrogens is 1. The van der Waals surface area contributed by atoms with E-state index in [1.807, 2.05) is 5.59 Å². The van der Waals surface area contributed by atoms with E-state index >= 15 is 0 Å². The molecule has 0 amide bonds. The van der Waals surface area contributed by atoms with Gasteiger partial charge in [0.05, 0.1) is 0 Å². The lowest BCUT2D eigenvalue weighted by Gasteiger charge is -1.71. The van der Waals surface area contributed by atoms with Gasteiger partial charge in [0.2, 0.25) is 0 Å². The SMILES string of the molecule is [O-][NH+]1NO1. The van der Waals surface area contributed by atoms with E-state index in [-0.39, 0.29) is 5.34 Å². The molecule has 0 radical (unpaired) electrons. The molecule has 4 heavy (non-hydrogen) atoms. The van der Waals surface area contributed by atoms with Crippen LogP contribution in [0.4, 0.5) is 0 Å². The quantitative estimate of drug-likeness (QED) is 0.246. The highest BCUT2D eigenvalue weighted by Gasteiger charge is 2.10. The first-order valence-electron chi connectivity index (χ1n) is 0.862. The molecule has 1 fully saturated rings. The third kappa shape index (κ3) is 0.161. The van der Waals surface area contributed by atoms with E-state index in [1.54, 1.807) is 0 Å². The lowest BCUT2D eigenvalue weighted by Crippen LogP contribution is -2.88. The summed E-state index contributed by atoms with van der Waals surface area (Å²) in [5.41, 5.74) is 1.96. The fraction of sp³-hybridized carbons (Fsp3) is 0. The smallest absolute Gasteiger partial charge is 0.0487 e. The molecule has 0 aliphatic carbocycles. The standard InChI is InChI=1S/H2N2O2/c3-2-1-4-2/h1-2H. The molecule has 24 valence electrons. The van der Waals surface area contributed by atoms with E-state index < -0.39 is 0 Å². The van der Waals surface area contributed by atoms with E-state index in [4.69, 9.17) is 0 Å². The maximum Gasteiger partial charge on any atom is 0.0487 e. The number of hydrogen-bond donors (Lipinski definition) is 2. The van der Waals surface area contributed by atoms with Crippen molar-refractivity contribution in [2.45, 2.75) is 0 Å². The summed E-state index contributed by atoms with van der Waals surface area (Å²) in [6, 6.07) is 0. The zero-order valence-electron chi connectivity index (χ0n) is 1.82. The summed E-state index contributed by atoms with van der Waals surface area (Å²) >= 11 is 0. The third-order valence-electron chi connectivity index (χ3n) is 0.185. The minimum Gasteiger partial charge on any atom is -0.576 e. The fourth-order valence-electron chi connectivity index (χ4n) is 0.0208. The van der Waals surface area contributed by atoms with Crippen LogP contribution in [-0.4, -0.2) is 0 Å². The molecule has 2 N–H and O–H groups in total. The lowest BCUT2D eigenvalue weighted by molar-refractivity contribution is -0.847. The van der Waals surface area contributed by atoms with Crippen LogP contribution in [0.25, 0.3) is 0 Å². The second-order valence-corrected chi connectivity index (χ2v) is 0.492. The highest BCUT2D eigenvalue weighted by molar-refractivity contribution is 3.85. The largest absolute Gasteiger partial charge is 0.576 e. The Balaban J connectivity index is 2.17. The summed E-state index contributed by atoms with van der Waals surface area (Å²) in [7, 11) is 0. The lowest BCUT2D eigenvalue weighted by atomic mass is 12.8. The van der Waals surface area contributed by atoms with Gasteiger partial charge in [0.15, 0.2) is 0 Å². The number of hydrogen-bond acceptors (Lipinski definition) is 3. The second kappa shape index (κ2) is 0.410. The van der Waals surface area contributed by atoms with Gasteiger partial charge >= 0.3 is 0 Å². The summed E-state index contributed by atoms with van der Waals surface area (Å²) < 4.78 is 0. The molecule has 0 saturated carbocycles. The van der Waals surface area contributed by atoms with Gasteiger partial charge in [-0.1, -0.05) is 5.34 Å². The summed E-state index contributed by atoms with van der Waals surface area (Å²) in [4.78, 5) is 3.82. The van der Waals surface area contributed by atoms with Crippen molar-refractivity contribution in [3.8, 4) is 0 Å². The normalized spacial score (nSPS) is 39.8. The van der Waals surface area contributed by atoms with Crippen LogP contribution in [0.15, 0.2) is 0 Å². The van der Waals surface area contributed by atoms with Gasteiger partial charge in [0.25, 0.3) is 0 Å². The Bertz CT molecular complexity index is 23.2. The first-order valence-corrected chi connectivity index (χ1v) is 0.862. The van der Waals surface area contributed by atoms with Gasteiger partial charge in [-0.2, -0.15) is 0 Å². The summed E-state index contributed by atoms with van der Waals surface area (Å²) in [5, 5.41) is 8.89. The minimum atomic E-state index is -0.333. The van der Waals surface area contributed by atoms with Crippen LogP contribution in [0, 0.1) is 5.21 Å². The molecule has 0 aromatic heterocycles. The molecule has 1 atom stereocenters. The summed E-state index contributed by atoms with van der Waals surface area (Å²) in [5.74, 6) is 0. The maximum atomic E-state index is 9.22. The highest BCUT2D eigenvalue weighted by Crippen LogP contribution is 1.41. The number of nitrogens with one attached hydrogen (secondary N) is 2. The van der Waals surface area contributed by atoms with E-state index in [0.29, 0.717) is 0 Å². The summed E-state index contributed by atoms with van der Waals surface area (Å²) in [6.45, 7) is 0. The molecular weight excluding hydrogens is 60.0 g/mol. The van der Waals surface area contributed by atoms with Gasteiger partial charge in [-0.05, 0) is 4.94 Å². The molecule has 1 aliphatic heterocycles. The van der Waals surface area contributed by atoms with Crippen molar-refractivity contribution in [1.29, 1.82) is 0 Å². The topological polar surface area (TPSA) is 62.0 Å². The van der Waals surface area contributed by atoms with Crippen LogP contribution in [0.5, 0.6) is 0 Å². The van der Waals surface area contributed by atoms with Crippen LogP contribution >= 0.6 is 0 Å². The van der Waals surface area contributed by atoms with E-state index in [0.717, 1.165) is 0 Å². The molecule has 4 nitrogen and oxygen atoms in total. The Kier molecular flexibility index (Phi) is 0.216. The van der Waals surface area contributed by atoms with Crippen molar-refractivity contribution in [1.82, 2.24) is 5.59 Å². The molecule has 0 aromatic rings. The van der Waals surface area contributed by atoms with Crippen molar-refractivity contribution >= 4 is 0 Å². The molecule has 0 aromatic carbocycles. The van der Waals surface area contributed by atoms with Gasteiger partial charge in [-0.3, -0.25) is 0 Å². The molecule has 0 bridgehead atoms. The van der Waals surface area contributed by atoms with Crippen LogP contribution in [0.3, 0.4) is 0 Å².